The minimum absolute atomic E-state index is 0. The number of nitrogens with zero attached hydrogens (tertiary/aromatic N) is 1. The third-order valence-electron chi connectivity index (χ3n) is 3.92. The molecule has 0 spiro atoms. The van der Waals surface area contributed by atoms with E-state index in [0.717, 1.165) is 24.8 Å². The van der Waals surface area contributed by atoms with Gasteiger partial charge in [-0.2, -0.15) is 0 Å². The van der Waals surface area contributed by atoms with Crippen LogP contribution in [0.5, 0.6) is 0 Å². The van der Waals surface area contributed by atoms with Gasteiger partial charge in [0.2, 0.25) is 0 Å². The van der Waals surface area contributed by atoms with Gasteiger partial charge in [0.15, 0.2) is 5.96 Å². The number of halogens is 1. The van der Waals surface area contributed by atoms with Crippen molar-refractivity contribution in [3.8, 4) is 0 Å². The monoisotopic (exact) mass is 401 g/mol. The molecule has 0 amide bonds. The number of hydrogen-bond acceptors (Lipinski definition) is 1. The quantitative estimate of drug-likeness (QED) is 0.451. The van der Waals surface area contributed by atoms with Crippen LogP contribution in [0, 0.1) is 11.3 Å². The molecule has 1 fully saturated rings. The van der Waals surface area contributed by atoms with E-state index in [1.165, 1.54) is 12.0 Å². The third-order valence-corrected chi connectivity index (χ3v) is 3.92. The lowest BCUT2D eigenvalue weighted by atomic mass is 9.86. The standard InChI is InChI=1S/C17H27N3.HI/c1-13-10-15(13)20-16(18-4)19-12-17(2,3)11-14-8-6-5-7-9-14;/h5-9,13,15H,10-12H2,1-4H3,(H2,18,19,20);1H. The lowest BCUT2D eigenvalue weighted by Gasteiger charge is -2.26. The van der Waals surface area contributed by atoms with Crippen molar-refractivity contribution in [3.63, 3.8) is 0 Å². The van der Waals surface area contributed by atoms with Gasteiger partial charge in [-0.1, -0.05) is 51.1 Å². The normalized spacial score (nSPS) is 21.4. The van der Waals surface area contributed by atoms with Gasteiger partial charge in [0.05, 0.1) is 0 Å². The molecule has 118 valence electrons. The fraction of sp³-hybridized carbons (Fsp3) is 0.588. The molecular weight excluding hydrogens is 373 g/mol. The summed E-state index contributed by atoms with van der Waals surface area (Å²) in [5, 5.41) is 6.93. The predicted molar refractivity (Wildman–Crippen MR) is 101 cm³/mol. The zero-order valence-electron chi connectivity index (χ0n) is 13.5. The van der Waals surface area contributed by atoms with Crippen LogP contribution in [-0.4, -0.2) is 25.6 Å². The van der Waals surface area contributed by atoms with E-state index in [4.69, 9.17) is 0 Å². The highest BCUT2D eigenvalue weighted by atomic mass is 127. The van der Waals surface area contributed by atoms with Crippen molar-refractivity contribution in [3.05, 3.63) is 35.9 Å². The Morgan fingerprint density at radius 1 is 1.29 bits per heavy atom. The molecule has 0 heterocycles. The van der Waals surface area contributed by atoms with E-state index >= 15 is 0 Å². The number of nitrogens with one attached hydrogen (secondary N) is 2. The van der Waals surface area contributed by atoms with E-state index in [0.29, 0.717) is 6.04 Å². The van der Waals surface area contributed by atoms with Gasteiger partial charge in [0, 0.05) is 19.6 Å². The van der Waals surface area contributed by atoms with E-state index in [-0.39, 0.29) is 29.4 Å². The summed E-state index contributed by atoms with van der Waals surface area (Å²) in [7, 11) is 1.84. The maximum absolute atomic E-state index is 4.31. The van der Waals surface area contributed by atoms with Crippen LogP contribution in [0.3, 0.4) is 0 Å². The molecule has 1 saturated carbocycles. The first-order chi connectivity index (χ1) is 9.50. The minimum Gasteiger partial charge on any atom is -0.356 e. The van der Waals surface area contributed by atoms with Crippen molar-refractivity contribution in [1.82, 2.24) is 10.6 Å². The Kier molecular flexibility index (Phi) is 6.97. The van der Waals surface area contributed by atoms with Gasteiger partial charge in [-0.05, 0) is 29.7 Å². The summed E-state index contributed by atoms with van der Waals surface area (Å²) in [4.78, 5) is 4.31. The van der Waals surface area contributed by atoms with Gasteiger partial charge < -0.3 is 10.6 Å². The lowest BCUT2D eigenvalue weighted by molar-refractivity contribution is 0.359. The summed E-state index contributed by atoms with van der Waals surface area (Å²) >= 11 is 0. The summed E-state index contributed by atoms with van der Waals surface area (Å²) in [6.45, 7) is 7.77. The highest BCUT2D eigenvalue weighted by molar-refractivity contribution is 14.0. The molecule has 2 rings (SSSR count). The molecule has 1 aliphatic rings. The molecular formula is C17H28IN3. The zero-order chi connectivity index (χ0) is 14.6. The molecule has 2 atom stereocenters. The first-order valence-electron chi connectivity index (χ1n) is 7.51. The van der Waals surface area contributed by atoms with E-state index in [9.17, 15) is 0 Å². The summed E-state index contributed by atoms with van der Waals surface area (Å²) in [5.74, 6) is 1.71. The predicted octanol–water partition coefficient (Wildman–Crippen LogP) is 3.45. The molecule has 2 unspecified atom stereocenters. The molecule has 0 bridgehead atoms. The summed E-state index contributed by atoms with van der Waals surface area (Å²) < 4.78 is 0. The lowest BCUT2D eigenvalue weighted by Crippen LogP contribution is -2.43. The summed E-state index contributed by atoms with van der Waals surface area (Å²) in [5.41, 5.74) is 1.59. The molecule has 21 heavy (non-hydrogen) atoms. The Bertz CT molecular complexity index is 456. The van der Waals surface area contributed by atoms with Crippen LogP contribution >= 0.6 is 24.0 Å². The first kappa shape index (κ1) is 18.3. The molecule has 1 aliphatic carbocycles. The van der Waals surface area contributed by atoms with Crippen molar-refractivity contribution in [1.29, 1.82) is 0 Å². The Balaban J connectivity index is 0.00000220. The van der Waals surface area contributed by atoms with Crippen molar-refractivity contribution in [2.45, 2.75) is 39.7 Å². The van der Waals surface area contributed by atoms with Crippen LogP contribution in [0.25, 0.3) is 0 Å². The number of guanidine groups is 1. The Morgan fingerprint density at radius 2 is 1.90 bits per heavy atom. The van der Waals surface area contributed by atoms with Crippen LogP contribution in [0.15, 0.2) is 35.3 Å². The van der Waals surface area contributed by atoms with Gasteiger partial charge >= 0.3 is 0 Å². The first-order valence-corrected chi connectivity index (χ1v) is 7.51. The van der Waals surface area contributed by atoms with Crippen molar-refractivity contribution in [2.75, 3.05) is 13.6 Å². The molecule has 3 nitrogen and oxygen atoms in total. The maximum atomic E-state index is 4.31. The second kappa shape index (κ2) is 8.01. The largest absolute Gasteiger partial charge is 0.356 e. The van der Waals surface area contributed by atoms with Gasteiger partial charge in [-0.25, -0.2) is 0 Å². The summed E-state index contributed by atoms with van der Waals surface area (Å²) in [6.07, 6.45) is 2.33. The van der Waals surface area contributed by atoms with Crippen LogP contribution in [-0.2, 0) is 6.42 Å². The topological polar surface area (TPSA) is 36.4 Å². The van der Waals surface area contributed by atoms with Crippen LogP contribution in [0.1, 0.15) is 32.8 Å². The van der Waals surface area contributed by atoms with Crippen LogP contribution in [0.4, 0.5) is 0 Å². The molecule has 0 aliphatic heterocycles. The number of benzene rings is 1. The minimum atomic E-state index is 0. The van der Waals surface area contributed by atoms with Crippen molar-refractivity contribution < 1.29 is 0 Å². The number of hydrogen-bond donors (Lipinski definition) is 2. The van der Waals surface area contributed by atoms with E-state index in [1.807, 2.05) is 7.05 Å². The van der Waals surface area contributed by atoms with Crippen LogP contribution < -0.4 is 10.6 Å². The van der Waals surface area contributed by atoms with Gasteiger partial charge in [-0.3, -0.25) is 4.99 Å². The Hall–Kier alpha value is -0.780. The van der Waals surface area contributed by atoms with E-state index in [2.05, 4.69) is 66.7 Å². The van der Waals surface area contributed by atoms with Crippen molar-refractivity contribution in [2.24, 2.45) is 16.3 Å². The Labute approximate surface area is 146 Å². The fourth-order valence-electron chi connectivity index (χ4n) is 2.43. The van der Waals surface area contributed by atoms with E-state index < -0.39 is 0 Å². The Morgan fingerprint density at radius 3 is 2.43 bits per heavy atom. The molecule has 1 aromatic carbocycles. The van der Waals surface area contributed by atoms with Gasteiger partial charge in [0.1, 0.15) is 0 Å². The second-order valence-electron chi connectivity index (χ2n) is 6.72. The molecule has 0 saturated heterocycles. The maximum Gasteiger partial charge on any atom is 0.191 e. The van der Waals surface area contributed by atoms with Gasteiger partial charge in [-0.15, -0.1) is 24.0 Å². The molecule has 4 heteroatoms. The average molecular weight is 401 g/mol. The SMILES string of the molecule is CN=C(NCC(C)(C)Cc1ccccc1)NC1CC1C.I. The number of rotatable bonds is 5. The molecule has 2 N–H and O–H groups in total. The molecule has 0 radical (unpaired) electrons. The average Bonchev–Trinajstić information content (AvgIpc) is 3.11. The second-order valence-corrected chi connectivity index (χ2v) is 6.72. The highest BCUT2D eigenvalue weighted by Crippen LogP contribution is 2.28. The zero-order valence-corrected chi connectivity index (χ0v) is 15.8. The third kappa shape index (κ3) is 6.24. The summed E-state index contributed by atoms with van der Waals surface area (Å²) in [6, 6.07) is 11.3. The number of aliphatic imine (C=N–C) groups is 1. The highest BCUT2D eigenvalue weighted by Gasteiger charge is 2.33. The smallest absolute Gasteiger partial charge is 0.191 e. The van der Waals surface area contributed by atoms with Crippen molar-refractivity contribution >= 4 is 29.9 Å². The van der Waals surface area contributed by atoms with Gasteiger partial charge in [0.25, 0.3) is 0 Å². The molecule has 0 aromatic heterocycles. The van der Waals surface area contributed by atoms with E-state index in [1.54, 1.807) is 0 Å². The molecule has 1 aromatic rings. The van der Waals surface area contributed by atoms with Crippen LogP contribution in [0.2, 0.25) is 0 Å². The fourth-order valence-corrected chi connectivity index (χ4v) is 2.43.